The molecule has 0 saturated carbocycles. The third-order valence-corrected chi connectivity index (χ3v) is 2.05. The van der Waals surface area contributed by atoms with Crippen LogP contribution in [-0.4, -0.2) is 16.3 Å². The maximum atomic E-state index is 5.47. The Kier molecular flexibility index (Phi) is 7.31. The van der Waals surface area contributed by atoms with Crippen molar-refractivity contribution in [2.75, 3.05) is 6.54 Å². The lowest BCUT2D eigenvalue weighted by atomic mass is 10.1. The minimum Gasteiger partial charge on any atom is -0.330 e. The van der Waals surface area contributed by atoms with E-state index in [0.717, 1.165) is 12.1 Å². The van der Waals surface area contributed by atoms with E-state index in [1.165, 1.54) is 11.3 Å². The molecule has 0 radical (unpaired) electrons. The standard InChI is InChI=1S/C8H15N3.2ClH/c1-6-8(4-5-9)7(2)11(3)10-6;;/h4-5,9H2,1-3H3;2*1H. The molecule has 0 atom stereocenters. The van der Waals surface area contributed by atoms with E-state index in [-0.39, 0.29) is 24.8 Å². The molecule has 0 bridgehead atoms. The van der Waals surface area contributed by atoms with Crippen molar-refractivity contribution in [1.29, 1.82) is 0 Å². The number of hydrogen-bond acceptors (Lipinski definition) is 2. The van der Waals surface area contributed by atoms with E-state index in [2.05, 4.69) is 12.0 Å². The Bertz CT molecular complexity index is 258. The van der Waals surface area contributed by atoms with Crippen LogP contribution in [-0.2, 0) is 13.5 Å². The van der Waals surface area contributed by atoms with E-state index in [9.17, 15) is 0 Å². The quantitative estimate of drug-likeness (QED) is 0.827. The molecule has 0 aromatic carbocycles. The SMILES string of the molecule is Cc1nn(C)c(C)c1CCN.Cl.Cl. The highest BCUT2D eigenvalue weighted by Crippen LogP contribution is 2.11. The van der Waals surface area contributed by atoms with Gasteiger partial charge in [-0.05, 0) is 32.4 Å². The largest absolute Gasteiger partial charge is 0.330 e. The van der Waals surface area contributed by atoms with Crippen molar-refractivity contribution >= 4 is 24.8 Å². The van der Waals surface area contributed by atoms with Gasteiger partial charge < -0.3 is 5.73 Å². The highest BCUT2D eigenvalue weighted by molar-refractivity contribution is 5.85. The van der Waals surface area contributed by atoms with E-state index in [0.29, 0.717) is 6.54 Å². The molecule has 1 aromatic rings. The van der Waals surface area contributed by atoms with E-state index in [1.54, 1.807) is 0 Å². The van der Waals surface area contributed by atoms with Crippen LogP contribution in [0.4, 0.5) is 0 Å². The smallest absolute Gasteiger partial charge is 0.0628 e. The number of halogens is 2. The zero-order valence-electron chi connectivity index (χ0n) is 8.20. The Morgan fingerprint density at radius 2 is 1.85 bits per heavy atom. The third-order valence-electron chi connectivity index (χ3n) is 2.05. The van der Waals surface area contributed by atoms with Crippen LogP contribution in [0.15, 0.2) is 0 Å². The molecule has 0 amide bonds. The lowest BCUT2D eigenvalue weighted by Gasteiger charge is -1.97. The molecular weight excluding hydrogens is 209 g/mol. The second-order valence-corrected chi connectivity index (χ2v) is 2.81. The maximum Gasteiger partial charge on any atom is 0.0628 e. The molecule has 0 aliphatic rings. The van der Waals surface area contributed by atoms with Gasteiger partial charge in [-0.1, -0.05) is 0 Å². The molecule has 0 fully saturated rings. The molecule has 5 heteroatoms. The van der Waals surface area contributed by atoms with Crippen molar-refractivity contribution in [1.82, 2.24) is 9.78 Å². The maximum absolute atomic E-state index is 5.47. The topological polar surface area (TPSA) is 43.8 Å². The van der Waals surface area contributed by atoms with Crippen molar-refractivity contribution in [2.45, 2.75) is 20.3 Å². The highest BCUT2D eigenvalue weighted by atomic mass is 35.5. The van der Waals surface area contributed by atoms with Crippen LogP contribution in [0.1, 0.15) is 17.0 Å². The van der Waals surface area contributed by atoms with Crippen LogP contribution >= 0.6 is 24.8 Å². The summed E-state index contributed by atoms with van der Waals surface area (Å²) in [5.74, 6) is 0. The summed E-state index contributed by atoms with van der Waals surface area (Å²) in [4.78, 5) is 0. The molecule has 78 valence electrons. The fourth-order valence-electron chi connectivity index (χ4n) is 1.32. The summed E-state index contributed by atoms with van der Waals surface area (Å²) in [6.45, 7) is 4.80. The average molecular weight is 226 g/mol. The van der Waals surface area contributed by atoms with Crippen molar-refractivity contribution in [3.8, 4) is 0 Å². The molecule has 1 heterocycles. The monoisotopic (exact) mass is 225 g/mol. The summed E-state index contributed by atoms with van der Waals surface area (Å²) in [6.07, 6.45) is 0.936. The van der Waals surface area contributed by atoms with Gasteiger partial charge in [0.05, 0.1) is 5.69 Å². The van der Waals surface area contributed by atoms with Crippen molar-refractivity contribution in [2.24, 2.45) is 12.8 Å². The molecule has 3 nitrogen and oxygen atoms in total. The van der Waals surface area contributed by atoms with Crippen LogP contribution in [0.25, 0.3) is 0 Å². The molecular formula is C8H17Cl2N3. The third kappa shape index (κ3) is 3.18. The highest BCUT2D eigenvalue weighted by Gasteiger charge is 2.06. The predicted octanol–water partition coefficient (Wildman–Crippen LogP) is 1.38. The Morgan fingerprint density at radius 3 is 2.15 bits per heavy atom. The van der Waals surface area contributed by atoms with E-state index in [4.69, 9.17) is 5.73 Å². The summed E-state index contributed by atoms with van der Waals surface area (Å²) in [7, 11) is 1.96. The Hall–Kier alpha value is -0.250. The van der Waals surface area contributed by atoms with Crippen LogP contribution in [0.3, 0.4) is 0 Å². The number of rotatable bonds is 2. The Balaban J connectivity index is 0. The molecule has 1 rings (SSSR count). The van der Waals surface area contributed by atoms with Gasteiger partial charge in [0.15, 0.2) is 0 Å². The predicted molar refractivity (Wildman–Crippen MR) is 59.9 cm³/mol. The molecule has 1 aromatic heterocycles. The van der Waals surface area contributed by atoms with Crippen molar-refractivity contribution in [3.63, 3.8) is 0 Å². The molecule has 0 aliphatic carbocycles. The number of nitrogens with two attached hydrogens (primary N) is 1. The van der Waals surface area contributed by atoms with E-state index < -0.39 is 0 Å². The first-order valence-corrected chi connectivity index (χ1v) is 3.86. The molecule has 0 unspecified atom stereocenters. The average Bonchev–Trinajstić information content (AvgIpc) is 2.17. The van der Waals surface area contributed by atoms with Gasteiger partial charge >= 0.3 is 0 Å². The second-order valence-electron chi connectivity index (χ2n) is 2.81. The number of aromatic nitrogens is 2. The summed E-state index contributed by atoms with van der Waals surface area (Å²) >= 11 is 0. The molecule has 0 saturated heterocycles. The molecule has 0 aliphatic heterocycles. The van der Waals surface area contributed by atoms with Gasteiger partial charge in [0.1, 0.15) is 0 Å². The van der Waals surface area contributed by atoms with Gasteiger partial charge in [-0.15, -0.1) is 24.8 Å². The number of aryl methyl sites for hydroxylation is 2. The van der Waals surface area contributed by atoms with Gasteiger partial charge in [0.25, 0.3) is 0 Å². The Labute approximate surface area is 91.5 Å². The van der Waals surface area contributed by atoms with E-state index in [1.807, 2.05) is 18.7 Å². The Morgan fingerprint density at radius 1 is 1.31 bits per heavy atom. The fraction of sp³-hybridized carbons (Fsp3) is 0.625. The summed E-state index contributed by atoms with van der Waals surface area (Å²) in [6, 6.07) is 0. The van der Waals surface area contributed by atoms with Gasteiger partial charge in [0.2, 0.25) is 0 Å². The molecule has 2 N–H and O–H groups in total. The lowest BCUT2D eigenvalue weighted by Crippen LogP contribution is -2.04. The summed E-state index contributed by atoms with van der Waals surface area (Å²) < 4.78 is 1.90. The van der Waals surface area contributed by atoms with Crippen molar-refractivity contribution < 1.29 is 0 Å². The van der Waals surface area contributed by atoms with Crippen molar-refractivity contribution in [3.05, 3.63) is 17.0 Å². The van der Waals surface area contributed by atoms with Crippen LogP contribution in [0.5, 0.6) is 0 Å². The summed E-state index contributed by atoms with van der Waals surface area (Å²) in [5, 5.41) is 4.29. The van der Waals surface area contributed by atoms with Gasteiger partial charge in [-0.25, -0.2) is 0 Å². The molecule has 0 spiro atoms. The normalized spacial score (nSPS) is 8.92. The number of hydrogen-bond donors (Lipinski definition) is 1. The first-order chi connectivity index (χ1) is 5.16. The first-order valence-electron chi connectivity index (χ1n) is 3.86. The molecule has 13 heavy (non-hydrogen) atoms. The number of nitrogens with zero attached hydrogens (tertiary/aromatic N) is 2. The van der Waals surface area contributed by atoms with Gasteiger partial charge in [-0.3, -0.25) is 4.68 Å². The second kappa shape index (κ2) is 6.24. The van der Waals surface area contributed by atoms with Gasteiger partial charge in [0, 0.05) is 12.7 Å². The van der Waals surface area contributed by atoms with Crippen LogP contribution in [0.2, 0.25) is 0 Å². The minimum atomic E-state index is 0. The van der Waals surface area contributed by atoms with Crippen LogP contribution in [0, 0.1) is 13.8 Å². The first kappa shape index (κ1) is 15.2. The minimum absolute atomic E-state index is 0. The zero-order chi connectivity index (χ0) is 8.43. The summed E-state index contributed by atoms with van der Waals surface area (Å²) in [5.41, 5.74) is 9.11. The van der Waals surface area contributed by atoms with E-state index >= 15 is 0 Å². The lowest BCUT2D eigenvalue weighted by molar-refractivity contribution is 0.730. The van der Waals surface area contributed by atoms with Crippen LogP contribution < -0.4 is 5.73 Å². The fourth-order valence-corrected chi connectivity index (χ4v) is 1.32. The zero-order valence-corrected chi connectivity index (χ0v) is 9.84. The van der Waals surface area contributed by atoms with Gasteiger partial charge in [-0.2, -0.15) is 5.10 Å².